The molecule has 0 aromatic rings. The van der Waals surface area contributed by atoms with Gasteiger partial charge in [0.25, 0.3) is 5.97 Å². The van der Waals surface area contributed by atoms with E-state index in [-0.39, 0.29) is 42.9 Å². The van der Waals surface area contributed by atoms with Crippen molar-refractivity contribution in [1.29, 1.82) is 0 Å². The van der Waals surface area contributed by atoms with Crippen LogP contribution in [0.5, 0.6) is 0 Å². The highest BCUT2D eigenvalue weighted by atomic mass is 35.5. The molecule has 1 aliphatic rings. The molecule has 1 saturated heterocycles. The van der Waals surface area contributed by atoms with Gasteiger partial charge < -0.3 is 9.39 Å². The Morgan fingerprint density at radius 3 is 2.65 bits per heavy atom. The third-order valence-electron chi connectivity index (χ3n) is 3.78. The van der Waals surface area contributed by atoms with E-state index in [0.29, 0.717) is 0 Å². The molecule has 120 valence electrons. The van der Waals surface area contributed by atoms with E-state index in [4.69, 9.17) is 9.39 Å². The molecule has 20 heavy (non-hydrogen) atoms. The van der Waals surface area contributed by atoms with Crippen LogP contribution in [0.4, 0.5) is 0 Å². The molecule has 0 spiro atoms. The molecule has 0 radical (unpaired) electrons. The van der Waals surface area contributed by atoms with Gasteiger partial charge >= 0.3 is 8.05 Å². The molecule has 0 bridgehead atoms. The van der Waals surface area contributed by atoms with Crippen LogP contribution in [0.3, 0.4) is 0 Å². The molecule has 1 heterocycles. The molecule has 4 nitrogen and oxygen atoms in total. The van der Waals surface area contributed by atoms with Gasteiger partial charge in [0.2, 0.25) is 0 Å². The summed E-state index contributed by atoms with van der Waals surface area (Å²) in [5, 5.41) is 0. The summed E-state index contributed by atoms with van der Waals surface area (Å²) in [7, 11) is 3.24. The third-order valence-corrected chi connectivity index (χ3v) is 3.78. The van der Waals surface area contributed by atoms with Crippen molar-refractivity contribution in [3.8, 4) is 0 Å². The van der Waals surface area contributed by atoms with Gasteiger partial charge in [0.1, 0.15) is 6.23 Å². The zero-order chi connectivity index (χ0) is 13.4. The summed E-state index contributed by atoms with van der Waals surface area (Å²) >= 11 is 0. The number of rotatable bonds is 8. The predicted octanol–water partition coefficient (Wildman–Crippen LogP) is 2.19. The summed E-state index contributed by atoms with van der Waals surface area (Å²) in [4.78, 5) is 14.0. The quantitative estimate of drug-likeness (QED) is 0.641. The van der Waals surface area contributed by atoms with E-state index in [0.717, 1.165) is 45.2 Å². The summed E-state index contributed by atoms with van der Waals surface area (Å²) in [6.07, 6.45) is 6.58. The van der Waals surface area contributed by atoms with Crippen LogP contribution < -0.4 is 0 Å². The summed E-state index contributed by atoms with van der Waals surface area (Å²) in [6, 6.07) is 0. The Morgan fingerprint density at radius 2 is 2.10 bits per heavy atom. The fourth-order valence-electron chi connectivity index (χ4n) is 2.64. The van der Waals surface area contributed by atoms with E-state index in [1.54, 1.807) is 7.11 Å². The fraction of sp³-hybridized carbons (Fsp3) is 0.923. The molecule has 1 unspecified atom stereocenters. The molecular formula is C13H28BCl2NO3. The van der Waals surface area contributed by atoms with Crippen molar-refractivity contribution >= 4 is 38.8 Å². The second-order valence-corrected chi connectivity index (χ2v) is 5.02. The zero-order valence-corrected chi connectivity index (χ0v) is 14.4. The van der Waals surface area contributed by atoms with Gasteiger partial charge in [-0.15, -0.1) is 24.8 Å². The number of unbranched alkanes of at least 4 members (excludes halogenated alkanes) is 1. The van der Waals surface area contributed by atoms with E-state index in [9.17, 15) is 4.79 Å². The molecule has 7 heteroatoms. The van der Waals surface area contributed by atoms with E-state index in [1.165, 1.54) is 14.5 Å². The van der Waals surface area contributed by atoms with Crippen molar-refractivity contribution in [2.75, 3.05) is 20.2 Å². The first-order valence-corrected chi connectivity index (χ1v) is 7.07. The number of halogens is 2. The maximum absolute atomic E-state index is 11.7. The molecule has 0 aliphatic carbocycles. The second-order valence-electron chi connectivity index (χ2n) is 5.02. The maximum atomic E-state index is 11.7. The van der Waals surface area contributed by atoms with Gasteiger partial charge in [-0.25, -0.2) is 0 Å². The highest BCUT2D eigenvalue weighted by Crippen LogP contribution is 2.21. The van der Waals surface area contributed by atoms with E-state index in [1.807, 2.05) is 0 Å². The molecule has 2 atom stereocenters. The molecule has 0 saturated carbocycles. The standard InChI is InChI=1S/C13H26BNO3.2ClH/c1-3-4-6-11(13(16)18-14)8-10-15-9-5-7-12(15)17-2;;/h11-12H,3-10,14H2,1-2H3;2*1H/t11?,12-;;/m1../s1. The van der Waals surface area contributed by atoms with Crippen LogP contribution in [0.15, 0.2) is 0 Å². The zero-order valence-electron chi connectivity index (χ0n) is 12.8. The normalized spacial score (nSPS) is 19.8. The van der Waals surface area contributed by atoms with Crippen LogP contribution in [0, 0.1) is 5.92 Å². The fourth-order valence-corrected chi connectivity index (χ4v) is 2.64. The number of likely N-dealkylation sites (tertiary alicyclic amines) is 1. The first-order valence-electron chi connectivity index (χ1n) is 7.07. The van der Waals surface area contributed by atoms with Gasteiger partial charge in [-0.05, 0) is 25.7 Å². The topological polar surface area (TPSA) is 38.8 Å². The van der Waals surface area contributed by atoms with Gasteiger partial charge in [-0.3, -0.25) is 9.69 Å². The Labute approximate surface area is 136 Å². The number of carbonyl (C=O) groups excluding carboxylic acids is 1. The molecule has 0 N–H and O–H groups in total. The van der Waals surface area contributed by atoms with E-state index >= 15 is 0 Å². The van der Waals surface area contributed by atoms with Gasteiger partial charge in [0.15, 0.2) is 0 Å². The maximum Gasteiger partial charge on any atom is 0.325 e. The van der Waals surface area contributed by atoms with Crippen molar-refractivity contribution in [2.45, 2.75) is 51.7 Å². The number of hydrogen-bond acceptors (Lipinski definition) is 4. The Morgan fingerprint density at radius 1 is 1.40 bits per heavy atom. The van der Waals surface area contributed by atoms with Crippen LogP contribution in [-0.4, -0.2) is 45.3 Å². The Kier molecular flexibility index (Phi) is 14.2. The minimum absolute atomic E-state index is 0. The highest BCUT2D eigenvalue weighted by Gasteiger charge is 2.26. The number of ether oxygens (including phenoxy) is 1. The smallest absolute Gasteiger partial charge is 0.325 e. The average Bonchev–Trinajstić information content (AvgIpc) is 2.85. The largest absolute Gasteiger partial charge is 0.543 e. The van der Waals surface area contributed by atoms with Crippen LogP contribution in [0.25, 0.3) is 0 Å². The molecule has 1 fully saturated rings. The lowest BCUT2D eigenvalue weighted by Gasteiger charge is -2.25. The average molecular weight is 328 g/mol. The molecule has 0 aromatic carbocycles. The minimum atomic E-state index is -0.0587. The van der Waals surface area contributed by atoms with Crippen molar-refractivity contribution < 1.29 is 14.2 Å². The minimum Gasteiger partial charge on any atom is -0.543 e. The van der Waals surface area contributed by atoms with Crippen molar-refractivity contribution in [3.05, 3.63) is 0 Å². The number of nitrogens with zero attached hydrogens (tertiary/aromatic N) is 1. The lowest BCUT2D eigenvalue weighted by atomic mass is 9.98. The van der Waals surface area contributed by atoms with Crippen molar-refractivity contribution in [1.82, 2.24) is 4.90 Å². The van der Waals surface area contributed by atoms with E-state index in [2.05, 4.69) is 11.8 Å². The Hall–Kier alpha value is 0.0349. The Balaban J connectivity index is 0. The van der Waals surface area contributed by atoms with Crippen LogP contribution in [0.1, 0.15) is 45.4 Å². The van der Waals surface area contributed by atoms with Gasteiger partial charge in [-0.2, -0.15) is 0 Å². The molecular weight excluding hydrogens is 300 g/mol. The molecule has 0 aromatic heterocycles. The van der Waals surface area contributed by atoms with Crippen LogP contribution >= 0.6 is 24.8 Å². The summed E-state index contributed by atoms with van der Waals surface area (Å²) in [5.41, 5.74) is 0. The predicted molar refractivity (Wildman–Crippen MR) is 88.4 cm³/mol. The van der Waals surface area contributed by atoms with Crippen molar-refractivity contribution in [3.63, 3.8) is 0 Å². The van der Waals surface area contributed by atoms with Gasteiger partial charge in [-0.1, -0.05) is 19.8 Å². The lowest BCUT2D eigenvalue weighted by Crippen LogP contribution is -2.33. The van der Waals surface area contributed by atoms with Crippen LogP contribution in [0.2, 0.25) is 0 Å². The first-order chi connectivity index (χ1) is 8.72. The Bertz CT molecular complexity index is 260. The van der Waals surface area contributed by atoms with Crippen LogP contribution in [-0.2, 0) is 14.2 Å². The molecule has 1 aliphatic heterocycles. The number of hydrogen-bond donors (Lipinski definition) is 0. The van der Waals surface area contributed by atoms with Gasteiger partial charge in [0, 0.05) is 20.2 Å². The summed E-state index contributed by atoms with van der Waals surface area (Å²) in [6.45, 7) is 4.16. The third kappa shape index (κ3) is 7.16. The second kappa shape index (κ2) is 12.8. The summed E-state index contributed by atoms with van der Waals surface area (Å²) < 4.78 is 10.3. The molecule has 1 rings (SSSR count). The number of methoxy groups -OCH3 is 1. The van der Waals surface area contributed by atoms with Gasteiger partial charge in [0.05, 0.1) is 5.92 Å². The first kappa shape index (κ1) is 22.3. The summed E-state index contributed by atoms with van der Waals surface area (Å²) in [5.74, 6) is -0.00956. The highest BCUT2D eigenvalue weighted by molar-refractivity contribution is 6.05. The van der Waals surface area contributed by atoms with Crippen molar-refractivity contribution in [2.24, 2.45) is 5.92 Å². The number of carbonyl (C=O) groups is 1. The lowest BCUT2D eigenvalue weighted by molar-refractivity contribution is -0.139. The SMILES string of the molecule is BOC(=O)C(CCCC)CCN1CCC[C@H]1OC.Cl.Cl. The van der Waals surface area contributed by atoms with E-state index < -0.39 is 0 Å². The monoisotopic (exact) mass is 327 g/mol. The molecule has 0 amide bonds.